The quantitative estimate of drug-likeness (QED) is 0.386. The molecule has 0 spiro atoms. The van der Waals surface area contributed by atoms with Crippen LogP contribution in [0.15, 0.2) is 41.0 Å². The molecule has 2 aromatic carbocycles. The maximum atomic E-state index is 13.4. The lowest BCUT2D eigenvalue weighted by atomic mass is 9.95. The molecule has 1 N–H and O–H groups in total. The van der Waals surface area contributed by atoms with Gasteiger partial charge in [0.25, 0.3) is 5.91 Å². The molecule has 0 saturated carbocycles. The van der Waals surface area contributed by atoms with Gasteiger partial charge in [0, 0.05) is 40.0 Å². The molecule has 31 heavy (non-hydrogen) atoms. The number of methoxy groups -OCH3 is 1. The first-order valence-corrected chi connectivity index (χ1v) is 11.5. The van der Waals surface area contributed by atoms with Crippen LogP contribution in [-0.2, 0) is 4.79 Å². The lowest BCUT2D eigenvalue weighted by Gasteiger charge is -2.15. The Morgan fingerprint density at radius 2 is 1.94 bits per heavy atom. The van der Waals surface area contributed by atoms with Crippen molar-refractivity contribution in [3.05, 3.63) is 62.2 Å². The van der Waals surface area contributed by atoms with Gasteiger partial charge in [0.15, 0.2) is 0 Å². The number of hydrogen-bond acceptors (Lipinski definition) is 3. The zero-order valence-corrected chi connectivity index (χ0v) is 20.6. The first kappa shape index (κ1) is 23.6. The average molecular weight is 526 g/mol. The van der Waals surface area contributed by atoms with Gasteiger partial charge in [0.05, 0.1) is 23.2 Å². The van der Waals surface area contributed by atoms with Gasteiger partial charge in [-0.05, 0) is 58.2 Å². The van der Waals surface area contributed by atoms with E-state index in [1.165, 1.54) is 0 Å². The van der Waals surface area contributed by atoms with Gasteiger partial charge in [-0.3, -0.25) is 14.2 Å². The Kier molecular flexibility index (Phi) is 7.68. The van der Waals surface area contributed by atoms with E-state index in [9.17, 15) is 9.59 Å². The summed E-state index contributed by atoms with van der Waals surface area (Å²) in [5.41, 5.74) is 2.02. The molecule has 1 unspecified atom stereocenters. The predicted octanol–water partition coefficient (Wildman–Crippen LogP) is 6.43. The second-order valence-electron chi connectivity index (χ2n) is 7.15. The van der Waals surface area contributed by atoms with Crippen LogP contribution in [0, 0.1) is 0 Å². The molecule has 1 aromatic heterocycles. The van der Waals surface area contributed by atoms with Crippen molar-refractivity contribution < 1.29 is 14.3 Å². The van der Waals surface area contributed by atoms with E-state index in [4.69, 9.17) is 27.9 Å². The Balaban J connectivity index is 2.18. The SMILES string of the molecule is CCC(=O)NCC(CC)c1cn(C(=O)c2ccc(Cl)cc2Cl)c2c(Br)cc(OC)cc12. The molecule has 0 fully saturated rings. The Morgan fingerprint density at radius 3 is 2.55 bits per heavy atom. The van der Waals surface area contributed by atoms with Crippen molar-refractivity contribution in [1.82, 2.24) is 9.88 Å². The summed E-state index contributed by atoms with van der Waals surface area (Å²) in [6.45, 7) is 4.35. The van der Waals surface area contributed by atoms with Gasteiger partial charge >= 0.3 is 0 Å². The van der Waals surface area contributed by atoms with Crippen molar-refractivity contribution in [3.8, 4) is 5.75 Å². The van der Waals surface area contributed by atoms with Crippen LogP contribution in [-0.4, -0.2) is 30.0 Å². The van der Waals surface area contributed by atoms with Crippen molar-refractivity contribution in [2.75, 3.05) is 13.7 Å². The highest BCUT2D eigenvalue weighted by Crippen LogP contribution is 2.37. The number of rotatable bonds is 7. The van der Waals surface area contributed by atoms with E-state index >= 15 is 0 Å². The number of carbonyl (C=O) groups is 2. The number of benzene rings is 2. The lowest BCUT2D eigenvalue weighted by Crippen LogP contribution is -2.27. The Morgan fingerprint density at radius 1 is 1.19 bits per heavy atom. The number of nitrogens with zero attached hydrogens (tertiary/aromatic N) is 1. The molecule has 5 nitrogen and oxygen atoms in total. The van der Waals surface area contributed by atoms with Crippen LogP contribution in [0.1, 0.15) is 48.5 Å². The molecule has 1 atom stereocenters. The van der Waals surface area contributed by atoms with Crippen LogP contribution in [0.5, 0.6) is 5.75 Å². The van der Waals surface area contributed by atoms with E-state index in [0.717, 1.165) is 21.8 Å². The maximum Gasteiger partial charge on any atom is 0.263 e. The molecule has 0 aliphatic carbocycles. The molecule has 1 heterocycles. The van der Waals surface area contributed by atoms with Gasteiger partial charge in [-0.2, -0.15) is 0 Å². The number of amides is 1. The first-order valence-electron chi connectivity index (χ1n) is 9.95. The number of fused-ring (bicyclic) bond motifs is 1. The molecule has 0 radical (unpaired) electrons. The Bertz CT molecular complexity index is 1140. The minimum Gasteiger partial charge on any atom is -0.497 e. The summed E-state index contributed by atoms with van der Waals surface area (Å²) < 4.78 is 7.76. The molecule has 164 valence electrons. The number of aromatic nitrogens is 1. The topological polar surface area (TPSA) is 60.3 Å². The summed E-state index contributed by atoms with van der Waals surface area (Å²) in [6.07, 6.45) is 3.04. The van der Waals surface area contributed by atoms with Crippen LogP contribution < -0.4 is 10.1 Å². The van der Waals surface area contributed by atoms with E-state index in [1.807, 2.05) is 25.3 Å². The second-order valence-corrected chi connectivity index (χ2v) is 8.85. The third kappa shape index (κ3) is 4.92. The summed E-state index contributed by atoms with van der Waals surface area (Å²) >= 11 is 15.9. The Labute approximate surface area is 199 Å². The molecule has 0 aliphatic heterocycles. The van der Waals surface area contributed by atoms with E-state index in [1.54, 1.807) is 29.9 Å². The summed E-state index contributed by atoms with van der Waals surface area (Å²) in [5.74, 6) is 0.413. The van der Waals surface area contributed by atoms with Crippen LogP contribution in [0.3, 0.4) is 0 Å². The molecular weight excluding hydrogens is 503 g/mol. The maximum absolute atomic E-state index is 13.4. The van der Waals surface area contributed by atoms with E-state index < -0.39 is 0 Å². The van der Waals surface area contributed by atoms with Gasteiger partial charge in [0.1, 0.15) is 5.75 Å². The molecule has 0 saturated heterocycles. The summed E-state index contributed by atoms with van der Waals surface area (Å²) in [7, 11) is 1.60. The van der Waals surface area contributed by atoms with Gasteiger partial charge < -0.3 is 10.1 Å². The normalized spacial score (nSPS) is 12.1. The number of halogens is 3. The minimum absolute atomic E-state index is 0.00929. The van der Waals surface area contributed by atoms with Crippen molar-refractivity contribution in [1.29, 1.82) is 0 Å². The molecule has 3 rings (SSSR count). The molecule has 3 aromatic rings. The van der Waals surface area contributed by atoms with E-state index in [2.05, 4.69) is 28.2 Å². The van der Waals surface area contributed by atoms with E-state index in [0.29, 0.717) is 34.8 Å². The van der Waals surface area contributed by atoms with E-state index in [-0.39, 0.29) is 22.8 Å². The monoisotopic (exact) mass is 524 g/mol. The summed E-state index contributed by atoms with van der Waals surface area (Å²) in [5, 5.41) is 4.59. The zero-order chi connectivity index (χ0) is 22.7. The molecule has 0 bridgehead atoms. The lowest BCUT2D eigenvalue weighted by molar-refractivity contribution is -0.120. The highest BCUT2D eigenvalue weighted by atomic mass is 79.9. The van der Waals surface area contributed by atoms with Crippen LogP contribution in [0.4, 0.5) is 0 Å². The number of carbonyl (C=O) groups excluding carboxylic acids is 2. The number of hydrogen-bond donors (Lipinski definition) is 1. The minimum atomic E-state index is -0.267. The highest BCUT2D eigenvalue weighted by Gasteiger charge is 2.24. The fraction of sp³-hybridized carbons (Fsp3) is 0.304. The number of nitrogens with one attached hydrogen (secondary N) is 1. The molecule has 8 heteroatoms. The third-order valence-corrected chi connectivity index (χ3v) is 6.42. The van der Waals surface area contributed by atoms with Gasteiger partial charge in [-0.15, -0.1) is 0 Å². The third-order valence-electron chi connectivity index (χ3n) is 5.27. The second kappa shape index (κ2) is 10.1. The average Bonchev–Trinajstić information content (AvgIpc) is 3.13. The summed E-state index contributed by atoms with van der Waals surface area (Å²) in [6, 6.07) is 8.54. The smallest absolute Gasteiger partial charge is 0.263 e. The first-order chi connectivity index (χ1) is 14.8. The fourth-order valence-corrected chi connectivity index (χ4v) is 4.66. The van der Waals surface area contributed by atoms with Crippen LogP contribution >= 0.6 is 39.1 Å². The summed E-state index contributed by atoms with van der Waals surface area (Å²) in [4.78, 5) is 25.3. The predicted molar refractivity (Wildman–Crippen MR) is 129 cm³/mol. The molecule has 0 aliphatic rings. The Hall–Kier alpha value is -2.02. The van der Waals surface area contributed by atoms with Gasteiger partial charge in [-0.25, -0.2) is 0 Å². The number of ether oxygens (including phenoxy) is 1. The fourth-order valence-electron chi connectivity index (χ4n) is 3.54. The molecule has 1 amide bonds. The van der Waals surface area contributed by atoms with Gasteiger partial charge in [0.2, 0.25) is 5.91 Å². The standard InChI is InChI=1S/C23H23BrCl2N2O3/c1-4-13(11-27-21(29)5-2)18-12-28(22-17(18)9-15(31-3)10-19(22)24)23(30)16-7-6-14(25)8-20(16)26/h6-10,12-13H,4-5,11H2,1-3H3,(H,27,29). The highest BCUT2D eigenvalue weighted by molar-refractivity contribution is 9.10. The van der Waals surface area contributed by atoms with Crippen molar-refractivity contribution in [2.45, 2.75) is 32.6 Å². The van der Waals surface area contributed by atoms with Crippen molar-refractivity contribution >= 4 is 61.8 Å². The largest absolute Gasteiger partial charge is 0.497 e. The van der Waals surface area contributed by atoms with Crippen LogP contribution in [0.2, 0.25) is 10.0 Å². The van der Waals surface area contributed by atoms with Crippen molar-refractivity contribution in [2.24, 2.45) is 0 Å². The van der Waals surface area contributed by atoms with Crippen LogP contribution in [0.25, 0.3) is 10.9 Å². The zero-order valence-electron chi connectivity index (χ0n) is 17.5. The van der Waals surface area contributed by atoms with Gasteiger partial charge in [-0.1, -0.05) is 37.0 Å². The van der Waals surface area contributed by atoms with Crippen molar-refractivity contribution in [3.63, 3.8) is 0 Å². The molecular formula is C23H23BrCl2N2O3.